The Labute approximate surface area is 136 Å². The zero-order valence-corrected chi connectivity index (χ0v) is 12.6. The van der Waals surface area contributed by atoms with Crippen molar-refractivity contribution >= 4 is 23.2 Å². The number of aliphatic hydroxyl groups excluding tert-OH is 1. The predicted molar refractivity (Wildman–Crippen MR) is 82.7 cm³/mol. The molecule has 0 aliphatic heterocycles. The molecule has 0 heterocycles. The van der Waals surface area contributed by atoms with Gasteiger partial charge in [-0.25, -0.2) is 0 Å². The van der Waals surface area contributed by atoms with Gasteiger partial charge in [0.1, 0.15) is 5.75 Å². The number of hydrogen-bond acceptors (Lipinski definition) is 3. The van der Waals surface area contributed by atoms with E-state index in [0.717, 1.165) is 0 Å². The first kappa shape index (κ1) is 17.2. The topological polar surface area (TPSA) is 58.6 Å². The number of nitrogens with one attached hydrogen (secondary N) is 1. The van der Waals surface area contributed by atoms with Crippen LogP contribution in [0.2, 0.25) is 5.02 Å². The molecule has 0 aromatic heterocycles. The van der Waals surface area contributed by atoms with Gasteiger partial charge in [0.25, 0.3) is 0 Å². The van der Waals surface area contributed by atoms with Crippen LogP contribution in [0, 0.1) is 0 Å². The summed E-state index contributed by atoms with van der Waals surface area (Å²) in [6.45, 7) is -3.02. The molecule has 1 unspecified atom stereocenters. The molecule has 1 atom stereocenters. The number of carbonyl (C=O) groups excluding carboxylic acids is 1. The number of halogens is 3. The SMILES string of the molecule is O=C(CC(O)c1ccccc1)Nc1ccc(Cl)c(OC(F)F)c1. The Morgan fingerprint density at radius 1 is 1.22 bits per heavy atom. The van der Waals surface area contributed by atoms with Gasteiger partial charge in [0, 0.05) is 11.8 Å². The van der Waals surface area contributed by atoms with Crippen molar-refractivity contribution in [2.24, 2.45) is 0 Å². The molecule has 0 saturated heterocycles. The smallest absolute Gasteiger partial charge is 0.387 e. The maximum Gasteiger partial charge on any atom is 0.387 e. The molecular formula is C16H14ClF2NO3. The Bertz CT molecular complexity index is 668. The molecule has 23 heavy (non-hydrogen) atoms. The lowest BCUT2D eigenvalue weighted by molar-refractivity contribution is -0.118. The Balaban J connectivity index is 2.00. The first-order valence-electron chi connectivity index (χ1n) is 6.73. The number of alkyl halides is 2. The van der Waals surface area contributed by atoms with Gasteiger partial charge in [0.2, 0.25) is 5.91 Å². The molecule has 0 aliphatic rings. The standard InChI is InChI=1S/C16H14ClF2NO3/c17-12-7-6-11(8-14(12)23-16(18)19)20-15(22)9-13(21)10-4-2-1-3-5-10/h1-8,13,16,21H,9H2,(H,20,22). The van der Waals surface area contributed by atoms with Crippen LogP contribution in [-0.2, 0) is 4.79 Å². The lowest BCUT2D eigenvalue weighted by Gasteiger charge is -2.12. The highest BCUT2D eigenvalue weighted by Gasteiger charge is 2.14. The van der Waals surface area contributed by atoms with E-state index < -0.39 is 18.6 Å². The summed E-state index contributed by atoms with van der Waals surface area (Å²) in [4.78, 5) is 11.9. The number of benzene rings is 2. The van der Waals surface area contributed by atoms with Gasteiger partial charge < -0.3 is 15.2 Å². The number of hydrogen-bond donors (Lipinski definition) is 2. The Morgan fingerprint density at radius 2 is 1.91 bits per heavy atom. The van der Waals surface area contributed by atoms with Crippen molar-refractivity contribution in [1.29, 1.82) is 0 Å². The largest absolute Gasteiger partial charge is 0.433 e. The average molecular weight is 342 g/mol. The third-order valence-corrected chi connectivity index (χ3v) is 3.31. The third kappa shape index (κ3) is 5.19. The minimum Gasteiger partial charge on any atom is -0.433 e. The fourth-order valence-electron chi connectivity index (χ4n) is 1.95. The number of carbonyl (C=O) groups is 1. The molecule has 0 saturated carbocycles. The van der Waals surface area contributed by atoms with Gasteiger partial charge >= 0.3 is 6.61 Å². The second-order valence-electron chi connectivity index (χ2n) is 4.70. The summed E-state index contributed by atoms with van der Waals surface area (Å²) in [5.41, 5.74) is 0.857. The minimum absolute atomic E-state index is 0.00705. The summed E-state index contributed by atoms with van der Waals surface area (Å²) in [5, 5.41) is 12.5. The zero-order chi connectivity index (χ0) is 16.8. The molecular weight excluding hydrogens is 328 g/mol. The number of amides is 1. The van der Waals surface area contributed by atoms with Crippen molar-refractivity contribution < 1.29 is 23.4 Å². The van der Waals surface area contributed by atoms with Gasteiger partial charge in [-0.05, 0) is 17.7 Å². The molecule has 7 heteroatoms. The van der Waals surface area contributed by atoms with Crippen molar-refractivity contribution in [3.63, 3.8) is 0 Å². The van der Waals surface area contributed by atoms with Crippen molar-refractivity contribution in [3.8, 4) is 5.75 Å². The van der Waals surface area contributed by atoms with E-state index in [1.807, 2.05) is 0 Å². The molecule has 0 fully saturated rings. The van der Waals surface area contributed by atoms with Crippen LogP contribution in [0.25, 0.3) is 0 Å². The fourth-order valence-corrected chi connectivity index (χ4v) is 2.11. The van der Waals surface area contributed by atoms with E-state index in [-0.39, 0.29) is 22.9 Å². The van der Waals surface area contributed by atoms with E-state index in [1.54, 1.807) is 30.3 Å². The van der Waals surface area contributed by atoms with Gasteiger partial charge in [-0.1, -0.05) is 41.9 Å². The molecule has 2 rings (SSSR count). The lowest BCUT2D eigenvalue weighted by Crippen LogP contribution is -2.15. The van der Waals surface area contributed by atoms with Crippen LogP contribution in [0.5, 0.6) is 5.75 Å². The van der Waals surface area contributed by atoms with E-state index in [2.05, 4.69) is 10.1 Å². The van der Waals surface area contributed by atoms with Crippen LogP contribution in [0.15, 0.2) is 48.5 Å². The van der Waals surface area contributed by atoms with Crippen molar-refractivity contribution in [1.82, 2.24) is 0 Å². The lowest BCUT2D eigenvalue weighted by atomic mass is 10.1. The number of anilines is 1. The molecule has 0 bridgehead atoms. The molecule has 2 aromatic carbocycles. The summed E-state index contributed by atoms with van der Waals surface area (Å²) in [7, 11) is 0. The van der Waals surface area contributed by atoms with Gasteiger partial charge in [0.15, 0.2) is 0 Å². The van der Waals surface area contributed by atoms with Crippen LogP contribution in [0.4, 0.5) is 14.5 Å². The molecule has 2 N–H and O–H groups in total. The van der Waals surface area contributed by atoms with Gasteiger partial charge in [0.05, 0.1) is 17.5 Å². The maximum atomic E-state index is 12.3. The number of aliphatic hydroxyl groups is 1. The van der Waals surface area contributed by atoms with E-state index in [4.69, 9.17) is 11.6 Å². The van der Waals surface area contributed by atoms with E-state index >= 15 is 0 Å². The number of rotatable bonds is 6. The van der Waals surface area contributed by atoms with Crippen LogP contribution in [0.1, 0.15) is 18.1 Å². The van der Waals surface area contributed by atoms with Crippen molar-refractivity contribution in [2.45, 2.75) is 19.1 Å². The van der Waals surface area contributed by atoms with Gasteiger partial charge in [-0.15, -0.1) is 0 Å². The maximum absolute atomic E-state index is 12.3. The highest BCUT2D eigenvalue weighted by molar-refractivity contribution is 6.32. The Kier molecular flexibility index (Phi) is 5.90. The van der Waals surface area contributed by atoms with E-state index in [0.29, 0.717) is 5.56 Å². The Hall–Kier alpha value is -2.18. The van der Waals surface area contributed by atoms with Crippen LogP contribution in [0.3, 0.4) is 0 Å². The molecule has 4 nitrogen and oxygen atoms in total. The normalized spacial score (nSPS) is 12.0. The zero-order valence-electron chi connectivity index (χ0n) is 11.9. The Morgan fingerprint density at radius 3 is 2.57 bits per heavy atom. The molecule has 1 amide bonds. The fraction of sp³-hybridized carbons (Fsp3) is 0.188. The highest BCUT2D eigenvalue weighted by atomic mass is 35.5. The second-order valence-corrected chi connectivity index (χ2v) is 5.11. The van der Waals surface area contributed by atoms with Crippen molar-refractivity contribution in [3.05, 3.63) is 59.1 Å². The summed E-state index contributed by atoms with van der Waals surface area (Å²) in [5.74, 6) is -0.699. The van der Waals surface area contributed by atoms with Gasteiger partial charge in [-0.2, -0.15) is 8.78 Å². The summed E-state index contributed by atoms with van der Waals surface area (Å²) in [6.07, 6.45) is -1.13. The summed E-state index contributed by atoms with van der Waals surface area (Å²) in [6, 6.07) is 12.7. The molecule has 0 spiro atoms. The van der Waals surface area contributed by atoms with E-state index in [1.165, 1.54) is 18.2 Å². The first-order valence-corrected chi connectivity index (χ1v) is 7.10. The van der Waals surface area contributed by atoms with Crippen molar-refractivity contribution in [2.75, 3.05) is 5.32 Å². The second kappa shape index (κ2) is 7.89. The number of ether oxygens (including phenoxy) is 1. The third-order valence-electron chi connectivity index (χ3n) is 2.99. The van der Waals surface area contributed by atoms with E-state index in [9.17, 15) is 18.7 Å². The molecule has 0 aliphatic carbocycles. The monoisotopic (exact) mass is 341 g/mol. The van der Waals surface area contributed by atoms with Crippen LogP contribution < -0.4 is 10.1 Å². The van der Waals surface area contributed by atoms with Gasteiger partial charge in [-0.3, -0.25) is 4.79 Å². The van der Waals surface area contributed by atoms with Crippen LogP contribution in [-0.4, -0.2) is 17.6 Å². The quantitative estimate of drug-likeness (QED) is 0.834. The summed E-state index contributed by atoms with van der Waals surface area (Å²) < 4.78 is 28.8. The minimum atomic E-state index is -3.02. The average Bonchev–Trinajstić information content (AvgIpc) is 2.51. The molecule has 2 aromatic rings. The predicted octanol–water partition coefficient (Wildman–Crippen LogP) is 4.00. The van der Waals surface area contributed by atoms with Crippen LogP contribution >= 0.6 is 11.6 Å². The molecule has 0 radical (unpaired) electrons. The molecule has 122 valence electrons. The first-order chi connectivity index (χ1) is 11.0. The summed E-state index contributed by atoms with van der Waals surface area (Å²) >= 11 is 5.73. The highest BCUT2D eigenvalue weighted by Crippen LogP contribution is 2.29.